The van der Waals surface area contributed by atoms with E-state index < -0.39 is 111 Å². The Bertz CT molecular complexity index is 1940. The van der Waals surface area contributed by atoms with E-state index in [0.29, 0.717) is 6.20 Å². The number of hydrogen-bond acceptors (Lipinski definition) is 12. The van der Waals surface area contributed by atoms with Gasteiger partial charge in [-0.15, -0.1) is 0 Å². The molecule has 2 aromatic heterocycles. The lowest BCUT2D eigenvalue weighted by Crippen LogP contribution is -2.53. The average Bonchev–Trinajstić information content (AvgIpc) is 2.93. The third-order valence-corrected chi connectivity index (χ3v) is 5.15. The maximum absolute atomic E-state index is 15.0. The third-order valence-electron chi connectivity index (χ3n) is 4.83. The second-order valence-corrected chi connectivity index (χ2v) is 9.20. The molecule has 1 aliphatic heterocycles. The summed E-state index contributed by atoms with van der Waals surface area (Å²) in [5.41, 5.74) is -2.31. The molecule has 0 spiro atoms. The number of aromatic nitrogens is 3. The normalized spacial score (nSPS) is 20.3. The van der Waals surface area contributed by atoms with Crippen molar-refractivity contribution in [1.82, 2.24) is 15.0 Å². The summed E-state index contributed by atoms with van der Waals surface area (Å²) in [6.07, 6.45) is 0.557. The average molecular weight is 594 g/mol. The Balaban J connectivity index is 1.80. The number of methoxy groups -OCH3 is 3. The zero-order valence-corrected chi connectivity index (χ0v) is 21.0. The van der Waals surface area contributed by atoms with Crippen molar-refractivity contribution < 1.29 is 64.8 Å². The number of pyridine rings is 1. The number of halogens is 1. The molecule has 1 aromatic carbocycles. The van der Waals surface area contributed by atoms with E-state index in [2.05, 4.69) is 30.1 Å². The first kappa shape index (κ1) is 16.1. The molecule has 1 aliphatic rings. The van der Waals surface area contributed by atoms with Gasteiger partial charge in [-0.3, -0.25) is 14.2 Å². The first-order chi connectivity index (χ1) is 23.9. The van der Waals surface area contributed by atoms with E-state index in [0.717, 1.165) is 26.0 Å². The van der Waals surface area contributed by atoms with Gasteiger partial charge in [0.2, 0.25) is 11.7 Å². The highest BCUT2D eigenvalue weighted by Crippen LogP contribution is 2.42. The van der Waals surface area contributed by atoms with Crippen molar-refractivity contribution >= 4 is 42.8 Å². The van der Waals surface area contributed by atoms with Gasteiger partial charge in [-0.05, 0) is 25.9 Å². The fraction of sp³-hybridized carbons (Fsp3) is 0.304. The van der Waals surface area contributed by atoms with Crippen molar-refractivity contribution in [3.05, 3.63) is 36.2 Å². The Morgan fingerprint density at radius 3 is 2.52 bits per heavy atom. The van der Waals surface area contributed by atoms with Gasteiger partial charge in [0.05, 0.1) is 45.1 Å². The fourth-order valence-electron chi connectivity index (χ4n) is 3.14. The summed E-state index contributed by atoms with van der Waals surface area (Å²) in [7, 11) is -15.3. The lowest BCUT2D eigenvalue weighted by molar-refractivity contribution is -0.133. The molecule has 214 valence electrons. The van der Waals surface area contributed by atoms with Crippen molar-refractivity contribution in [3.8, 4) is 23.0 Å². The van der Waals surface area contributed by atoms with Gasteiger partial charge in [0, 0.05) is 17.8 Å². The first-order valence-electron chi connectivity index (χ1n) is 17.0. The van der Waals surface area contributed by atoms with E-state index in [-0.39, 0.29) is 10.6 Å². The maximum atomic E-state index is 15.0. The van der Waals surface area contributed by atoms with Gasteiger partial charge in [-0.2, -0.15) is 4.98 Å². The number of fused-ring (bicyclic) bond motifs is 1. The molecule has 0 saturated heterocycles. The number of hydrogen-bond donors (Lipinski definition) is 4. The number of rotatable bonds is 10. The molecule has 40 heavy (non-hydrogen) atoms. The second-order valence-electron chi connectivity index (χ2n) is 8.04. The van der Waals surface area contributed by atoms with E-state index >= 15 is 4.39 Å². The van der Waals surface area contributed by atoms with E-state index in [1.807, 2.05) is 0 Å². The van der Waals surface area contributed by atoms with Gasteiger partial charge in [0.25, 0.3) is 5.91 Å². The Hall–Kier alpha value is -4.24. The molecule has 3 heterocycles. The van der Waals surface area contributed by atoms with Gasteiger partial charge < -0.3 is 39.4 Å². The van der Waals surface area contributed by atoms with Gasteiger partial charge >= 0.3 is 7.82 Å². The summed E-state index contributed by atoms with van der Waals surface area (Å²) >= 11 is 0. The monoisotopic (exact) mass is 593 g/mol. The second kappa shape index (κ2) is 11.1. The maximum Gasteiger partial charge on any atom is 0.471 e. The van der Waals surface area contributed by atoms with E-state index in [9.17, 15) is 19.1 Å². The van der Waals surface area contributed by atoms with Crippen LogP contribution in [0.4, 0.5) is 33.5 Å². The highest BCUT2D eigenvalue weighted by atomic mass is 31.2. The number of benzene rings is 1. The first-order valence-corrected chi connectivity index (χ1v) is 12.0. The zero-order valence-electron chi connectivity index (χ0n) is 33.1. The molecule has 15 nitrogen and oxygen atoms in total. The van der Waals surface area contributed by atoms with Gasteiger partial charge in [-0.1, -0.05) is 0 Å². The molecule has 0 unspecified atom stereocenters. The van der Waals surface area contributed by atoms with Crippen LogP contribution in [0, 0.1) is 5.82 Å². The van der Waals surface area contributed by atoms with Crippen LogP contribution in [0.2, 0.25) is 0 Å². The Morgan fingerprint density at radius 2 is 1.88 bits per heavy atom. The molecule has 0 bridgehead atoms. The summed E-state index contributed by atoms with van der Waals surface area (Å²) in [5.74, 6) is -8.92. The van der Waals surface area contributed by atoms with Crippen LogP contribution in [-0.4, -0.2) is 64.0 Å². The SMILES string of the molecule is [2H]c1c(Nc2nc(Nc3cc(OC([2H])([2H])[2H])c(OC([2H])([2H])[2H])c(OC([2H])([2H])[2H])c3)ncc2F)nc2c(c1[2H])OC(C)(C)C(=O)N2C([2H])([2H])OP(=O)(O)O. The summed E-state index contributed by atoms with van der Waals surface area (Å²) in [4.78, 5) is 43.3. The Morgan fingerprint density at radius 1 is 1.18 bits per heavy atom. The van der Waals surface area contributed by atoms with E-state index in [4.69, 9.17) is 36.8 Å². The standard InChI is InChI=1S/C23H26FN6O9P/c1-23(2)21(31)30(11-38-40(32,33)34)20-14(39-23)6-7-17(28-20)27-19-13(24)10-25-22(29-19)26-12-8-15(35-3)18(37-5)16(9-12)36-4/h6-10H,11H2,1-5H3,(H2,32,33,34)(H2,25,26,27,28,29)/i3D3,4D3,5D3,6D,7D,11D2. The number of amides is 1. The number of nitrogens with zero attached hydrogens (tertiary/aromatic N) is 4. The molecular formula is C23H26FN6O9P. The van der Waals surface area contributed by atoms with E-state index in [1.54, 1.807) is 0 Å². The fourth-order valence-corrected chi connectivity index (χ4v) is 3.33. The molecule has 17 heteroatoms. The predicted octanol–water partition coefficient (Wildman–Crippen LogP) is 3.09. The zero-order chi connectivity index (χ0) is 40.3. The summed E-state index contributed by atoms with van der Waals surface area (Å²) in [5, 5.41) is 4.73. The number of ether oxygens (including phenoxy) is 4. The summed E-state index contributed by atoms with van der Waals surface area (Å²) < 4.78 is 151. The van der Waals surface area contributed by atoms with Crippen molar-refractivity contribution in [1.29, 1.82) is 0 Å². The highest BCUT2D eigenvalue weighted by Gasteiger charge is 2.42. The molecule has 0 aliphatic carbocycles. The predicted molar refractivity (Wildman–Crippen MR) is 139 cm³/mol. The van der Waals surface area contributed by atoms with Crippen LogP contribution in [0.5, 0.6) is 23.0 Å². The van der Waals surface area contributed by atoms with Crippen molar-refractivity contribution in [2.24, 2.45) is 0 Å². The minimum absolute atomic E-state index is 0.0361. The molecule has 0 saturated carbocycles. The van der Waals surface area contributed by atoms with Crippen LogP contribution in [0.25, 0.3) is 0 Å². The number of anilines is 5. The van der Waals surface area contributed by atoms with Gasteiger partial charge in [0.1, 0.15) is 12.5 Å². The lowest BCUT2D eigenvalue weighted by atomic mass is 10.1. The number of carbonyl (C=O) groups is 1. The molecule has 3 aromatic rings. The lowest BCUT2D eigenvalue weighted by Gasteiger charge is -2.37. The van der Waals surface area contributed by atoms with Crippen LogP contribution in [0.15, 0.2) is 30.4 Å². The van der Waals surface area contributed by atoms with Gasteiger partial charge in [-0.25, -0.2) is 18.9 Å². The smallest absolute Gasteiger partial charge is 0.471 e. The third kappa shape index (κ3) is 6.15. The molecular weight excluding hydrogens is 554 g/mol. The minimum atomic E-state index is -5.62. The van der Waals surface area contributed by atoms with Crippen molar-refractivity contribution in [2.45, 2.75) is 19.4 Å². The Labute approximate surface area is 245 Å². The quantitative estimate of drug-likeness (QED) is 0.251. The van der Waals surface area contributed by atoms with Gasteiger partial charge in [0.15, 0.2) is 40.3 Å². The number of phosphoric acid groups is 1. The highest BCUT2D eigenvalue weighted by molar-refractivity contribution is 7.46. The van der Waals surface area contributed by atoms with Crippen LogP contribution >= 0.6 is 7.82 Å². The molecule has 4 N–H and O–H groups in total. The molecule has 0 atom stereocenters. The summed E-state index contributed by atoms with van der Waals surface area (Å²) in [6.45, 7) is -1.37. The molecule has 1 amide bonds. The summed E-state index contributed by atoms with van der Waals surface area (Å²) in [6, 6.07) is -0.0224. The molecule has 0 fully saturated rings. The number of nitrogens with one attached hydrogen (secondary N) is 2. The van der Waals surface area contributed by atoms with E-state index in [1.165, 1.54) is 0 Å². The van der Waals surface area contributed by atoms with Crippen molar-refractivity contribution in [3.63, 3.8) is 0 Å². The number of phosphoric ester groups is 1. The molecule has 0 radical (unpaired) electrons. The minimum Gasteiger partial charge on any atom is -0.493 e. The topological polar surface area (TPSA) is 187 Å². The number of carbonyl (C=O) groups excluding carboxylic acids is 1. The largest absolute Gasteiger partial charge is 0.493 e. The van der Waals surface area contributed by atoms with Crippen LogP contribution in [-0.2, 0) is 13.9 Å². The molecule has 4 rings (SSSR count). The Kier molecular flexibility index (Phi) is 4.47. The van der Waals surface area contributed by atoms with Crippen LogP contribution in [0.3, 0.4) is 0 Å². The van der Waals surface area contributed by atoms with Crippen LogP contribution < -0.4 is 34.5 Å². The van der Waals surface area contributed by atoms with Crippen molar-refractivity contribution in [2.75, 3.05) is 43.3 Å². The van der Waals surface area contributed by atoms with Crippen LogP contribution in [0.1, 0.15) is 31.7 Å².